The van der Waals surface area contributed by atoms with Crippen LogP contribution in [0.4, 0.5) is 5.69 Å². The number of aryl methyl sites for hydroxylation is 1. The van der Waals surface area contributed by atoms with Crippen molar-refractivity contribution in [1.29, 1.82) is 0 Å². The first-order chi connectivity index (χ1) is 8.19. The zero-order valence-electron chi connectivity index (χ0n) is 9.31. The Labute approximate surface area is 104 Å². The molecule has 0 aliphatic carbocycles. The summed E-state index contributed by atoms with van der Waals surface area (Å²) in [7, 11) is 0. The molecule has 0 fully saturated rings. The van der Waals surface area contributed by atoms with Crippen LogP contribution < -0.4 is 5.73 Å². The van der Waals surface area contributed by atoms with Gasteiger partial charge in [0, 0.05) is 5.56 Å². The van der Waals surface area contributed by atoms with Gasteiger partial charge < -0.3 is 5.73 Å². The molecule has 17 heavy (non-hydrogen) atoms. The molecule has 1 heterocycles. The fraction of sp³-hybridized carbons (Fsp3) is 0.182. The van der Waals surface area contributed by atoms with Crippen molar-refractivity contribution in [2.75, 3.05) is 5.88 Å². The van der Waals surface area contributed by atoms with Crippen molar-refractivity contribution < 1.29 is 0 Å². The van der Waals surface area contributed by atoms with Gasteiger partial charge in [-0.1, -0.05) is 12.1 Å². The van der Waals surface area contributed by atoms with E-state index in [0.717, 1.165) is 17.1 Å². The summed E-state index contributed by atoms with van der Waals surface area (Å²) in [4.78, 5) is 8.42. The molecule has 2 aromatic rings. The number of H-pyrrole nitrogens is 1. The smallest absolute Gasteiger partial charge is 0.181 e. The summed E-state index contributed by atoms with van der Waals surface area (Å²) < 4.78 is 0. The van der Waals surface area contributed by atoms with Crippen LogP contribution in [0.25, 0.3) is 11.4 Å². The zero-order valence-corrected chi connectivity index (χ0v) is 10.1. The van der Waals surface area contributed by atoms with E-state index in [2.05, 4.69) is 20.2 Å². The number of nitrogens with one attached hydrogen (secondary N) is 1. The molecule has 0 radical (unpaired) electrons. The number of aliphatic imine (C=N–C) groups is 1. The normalized spacial score (nSPS) is 11.8. The molecule has 0 unspecified atom stereocenters. The Morgan fingerprint density at radius 3 is 3.00 bits per heavy atom. The summed E-state index contributed by atoms with van der Waals surface area (Å²) in [5.74, 6) is 2.01. The fourth-order valence-corrected chi connectivity index (χ4v) is 1.44. The van der Waals surface area contributed by atoms with Crippen LogP contribution in [0.15, 0.2) is 29.3 Å². The minimum absolute atomic E-state index is 0.212. The molecular weight excluding hydrogens is 238 g/mol. The van der Waals surface area contributed by atoms with Crippen LogP contribution >= 0.6 is 11.6 Å². The lowest BCUT2D eigenvalue weighted by molar-refractivity contribution is 1.04. The number of halogens is 1. The van der Waals surface area contributed by atoms with E-state index in [1.165, 1.54) is 0 Å². The van der Waals surface area contributed by atoms with Crippen LogP contribution in [0.3, 0.4) is 0 Å². The first-order valence-electron chi connectivity index (χ1n) is 5.07. The van der Waals surface area contributed by atoms with Crippen molar-refractivity contribution >= 4 is 23.1 Å². The van der Waals surface area contributed by atoms with Crippen molar-refractivity contribution in [3.8, 4) is 11.4 Å². The van der Waals surface area contributed by atoms with Gasteiger partial charge in [-0.25, -0.2) is 9.98 Å². The summed E-state index contributed by atoms with van der Waals surface area (Å²) >= 11 is 5.58. The fourth-order valence-electron chi connectivity index (χ4n) is 1.38. The number of hydrogen-bond acceptors (Lipinski definition) is 3. The Bertz CT molecular complexity index is 546. The molecule has 0 aliphatic heterocycles. The van der Waals surface area contributed by atoms with Crippen LogP contribution in [0.2, 0.25) is 0 Å². The average Bonchev–Trinajstić information content (AvgIpc) is 2.76. The zero-order chi connectivity index (χ0) is 12.3. The molecule has 0 spiro atoms. The Morgan fingerprint density at radius 1 is 1.53 bits per heavy atom. The SMILES string of the molecule is Cc1nc(-c2cccc(N=C(N)CCl)c2)n[nH]1. The van der Waals surface area contributed by atoms with Crippen LogP contribution in [-0.2, 0) is 0 Å². The number of nitrogens with two attached hydrogens (primary N) is 1. The third-order valence-electron chi connectivity index (χ3n) is 2.11. The molecule has 88 valence electrons. The Kier molecular flexibility index (Phi) is 3.39. The van der Waals surface area contributed by atoms with Crippen molar-refractivity contribution in [1.82, 2.24) is 15.2 Å². The number of alkyl halides is 1. The van der Waals surface area contributed by atoms with E-state index in [1.54, 1.807) is 0 Å². The number of amidine groups is 1. The molecule has 1 aromatic carbocycles. The number of aromatic nitrogens is 3. The van der Waals surface area contributed by atoms with Crippen LogP contribution in [0, 0.1) is 6.92 Å². The predicted molar refractivity (Wildman–Crippen MR) is 68.6 cm³/mol. The molecule has 1 aromatic heterocycles. The van der Waals surface area contributed by atoms with Gasteiger partial charge in [0.05, 0.1) is 11.6 Å². The van der Waals surface area contributed by atoms with Crippen molar-refractivity contribution in [2.45, 2.75) is 6.92 Å². The summed E-state index contributed by atoms with van der Waals surface area (Å²) in [5, 5.41) is 6.88. The summed E-state index contributed by atoms with van der Waals surface area (Å²) in [6.07, 6.45) is 0. The van der Waals surface area contributed by atoms with E-state index < -0.39 is 0 Å². The minimum atomic E-state index is 0.212. The Morgan fingerprint density at radius 2 is 2.35 bits per heavy atom. The highest BCUT2D eigenvalue weighted by Gasteiger charge is 2.04. The van der Waals surface area contributed by atoms with E-state index in [0.29, 0.717) is 11.7 Å². The highest BCUT2D eigenvalue weighted by molar-refractivity contribution is 6.28. The third kappa shape index (κ3) is 2.82. The van der Waals surface area contributed by atoms with Gasteiger partial charge in [-0.3, -0.25) is 5.10 Å². The number of aromatic amines is 1. The van der Waals surface area contributed by atoms with E-state index >= 15 is 0 Å². The maximum atomic E-state index is 5.58. The average molecular weight is 250 g/mol. The third-order valence-corrected chi connectivity index (χ3v) is 2.39. The van der Waals surface area contributed by atoms with Crippen molar-refractivity contribution in [2.24, 2.45) is 10.7 Å². The summed E-state index contributed by atoms with van der Waals surface area (Å²) in [6.45, 7) is 1.85. The van der Waals surface area contributed by atoms with Crippen LogP contribution in [-0.4, -0.2) is 26.9 Å². The second-order valence-electron chi connectivity index (χ2n) is 3.53. The number of nitrogens with zero attached hydrogens (tertiary/aromatic N) is 3. The molecule has 3 N–H and O–H groups in total. The van der Waals surface area contributed by atoms with Gasteiger partial charge >= 0.3 is 0 Å². The Balaban J connectivity index is 2.35. The van der Waals surface area contributed by atoms with Gasteiger partial charge in [0.2, 0.25) is 0 Å². The Hall–Kier alpha value is -1.88. The van der Waals surface area contributed by atoms with Crippen molar-refractivity contribution in [3.05, 3.63) is 30.1 Å². The molecule has 0 saturated carbocycles. The highest BCUT2D eigenvalue weighted by atomic mass is 35.5. The second-order valence-corrected chi connectivity index (χ2v) is 3.80. The number of hydrogen-bond donors (Lipinski definition) is 2. The first kappa shape index (κ1) is 11.6. The molecule has 5 nitrogen and oxygen atoms in total. The molecule has 0 aliphatic rings. The second kappa shape index (κ2) is 4.97. The van der Waals surface area contributed by atoms with E-state index in [1.807, 2.05) is 31.2 Å². The largest absolute Gasteiger partial charge is 0.386 e. The van der Waals surface area contributed by atoms with Gasteiger partial charge in [-0.2, -0.15) is 5.10 Å². The highest BCUT2D eigenvalue weighted by Crippen LogP contribution is 2.21. The van der Waals surface area contributed by atoms with Gasteiger partial charge in [0.25, 0.3) is 0 Å². The molecule has 6 heteroatoms. The first-order valence-corrected chi connectivity index (χ1v) is 5.61. The lowest BCUT2D eigenvalue weighted by Crippen LogP contribution is -2.12. The lowest BCUT2D eigenvalue weighted by atomic mass is 10.2. The van der Waals surface area contributed by atoms with Gasteiger partial charge in [0.15, 0.2) is 5.82 Å². The van der Waals surface area contributed by atoms with Crippen LogP contribution in [0.1, 0.15) is 5.82 Å². The van der Waals surface area contributed by atoms with Gasteiger partial charge in [0.1, 0.15) is 11.7 Å². The molecule has 0 saturated heterocycles. The van der Waals surface area contributed by atoms with Crippen LogP contribution in [0.5, 0.6) is 0 Å². The van der Waals surface area contributed by atoms with Gasteiger partial charge in [-0.05, 0) is 19.1 Å². The molecule has 0 atom stereocenters. The lowest BCUT2D eigenvalue weighted by Gasteiger charge is -1.99. The van der Waals surface area contributed by atoms with E-state index in [4.69, 9.17) is 17.3 Å². The maximum absolute atomic E-state index is 5.58. The van der Waals surface area contributed by atoms with E-state index in [9.17, 15) is 0 Å². The topological polar surface area (TPSA) is 79.9 Å². The van der Waals surface area contributed by atoms with E-state index in [-0.39, 0.29) is 5.88 Å². The summed E-state index contributed by atoms with van der Waals surface area (Å²) in [6, 6.07) is 7.50. The maximum Gasteiger partial charge on any atom is 0.181 e. The van der Waals surface area contributed by atoms with Crippen molar-refractivity contribution in [3.63, 3.8) is 0 Å². The standard InChI is InChI=1S/C11H12ClN5/c1-7-14-11(17-16-7)8-3-2-4-9(5-8)15-10(13)6-12/h2-5H,6H2,1H3,(H2,13,15)(H,14,16,17). The summed E-state index contributed by atoms with van der Waals surface area (Å²) in [5.41, 5.74) is 7.20. The minimum Gasteiger partial charge on any atom is -0.386 e. The molecular formula is C11H12ClN5. The van der Waals surface area contributed by atoms with Gasteiger partial charge in [-0.15, -0.1) is 11.6 Å². The number of rotatable bonds is 3. The molecule has 2 rings (SSSR count). The number of benzene rings is 1. The molecule has 0 bridgehead atoms. The molecule has 0 amide bonds. The quantitative estimate of drug-likeness (QED) is 0.496. The monoisotopic (exact) mass is 249 g/mol. The predicted octanol–water partition coefficient (Wildman–Crippen LogP) is 2.01.